The van der Waals surface area contributed by atoms with E-state index < -0.39 is 10.0 Å². The molecule has 19 heavy (non-hydrogen) atoms. The summed E-state index contributed by atoms with van der Waals surface area (Å²) in [6.07, 6.45) is 4.55. The van der Waals surface area contributed by atoms with Crippen LogP contribution in [0.2, 0.25) is 0 Å². The first-order chi connectivity index (χ1) is 9.10. The van der Waals surface area contributed by atoms with Crippen LogP contribution in [0.25, 0.3) is 0 Å². The second-order valence-corrected chi connectivity index (χ2v) is 6.97. The summed E-state index contributed by atoms with van der Waals surface area (Å²) >= 11 is 0. The minimum atomic E-state index is -3.49. The summed E-state index contributed by atoms with van der Waals surface area (Å²) in [6, 6.07) is 1.47. The van der Waals surface area contributed by atoms with Gasteiger partial charge in [0.2, 0.25) is 10.0 Å². The highest BCUT2D eigenvalue weighted by Crippen LogP contribution is 2.39. The van der Waals surface area contributed by atoms with Gasteiger partial charge in [0.15, 0.2) is 0 Å². The number of nitrogens with one attached hydrogen (secondary N) is 2. The molecular formula is C12H19N3O3S. The van der Waals surface area contributed by atoms with Crippen LogP contribution in [0.15, 0.2) is 17.2 Å². The fourth-order valence-corrected chi connectivity index (χ4v) is 3.88. The van der Waals surface area contributed by atoms with Gasteiger partial charge in [0.25, 0.3) is 0 Å². The fourth-order valence-electron chi connectivity index (χ4n) is 2.59. The molecular weight excluding hydrogens is 266 g/mol. The Balaban J connectivity index is 1.73. The lowest BCUT2D eigenvalue weighted by Crippen LogP contribution is -2.41. The molecule has 2 aliphatic rings. The highest BCUT2D eigenvalue weighted by Gasteiger charge is 2.42. The Labute approximate surface area is 112 Å². The first kappa shape index (κ1) is 13.1. The minimum Gasteiger partial charge on any atom is -0.376 e. The van der Waals surface area contributed by atoms with Crippen LogP contribution in [0, 0.1) is 5.92 Å². The highest BCUT2D eigenvalue weighted by molar-refractivity contribution is 7.89. The van der Waals surface area contributed by atoms with Crippen molar-refractivity contribution in [3.63, 3.8) is 0 Å². The SMILES string of the molecule is NCc1cc(S(=O)(=O)NC2CCOC2C2CC2)c[nH]1. The van der Waals surface area contributed by atoms with Crippen LogP contribution < -0.4 is 10.5 Å². The zero-order valence-corrected chi connectivity index (χ0v) is 11.4. The molecule has 1 aromatic rings. The van der Waals surface area contributed by atoms with E-state index in [4.69, 9.17) is 10.5 Å². The first-order valence-corrected chi connectivity index (χ1v) is 8.10. The maximum absolute atomic E-state index is 12.3. The van der Waals surface area contributed by atoms with Crippen molar-refractivity contribution >= 4 is 10.0 Å². The van der Waals surface area contributed by atoms with Crippen molar-refractivity contribution in [2.75, 3.05) is 6.61 Å². The van der Waals surface area contributed by atoms with Crippen molar-refractivity contribution in [3.05, 3.63) is 18.0 Å². The number of aromatic nitrogens is 1. The van der Waals surface area contributed by atoms with Gasteiger partial charge in [0, 0.05) is 25.0 Å². The first-order valence-electron chi connectivity index (χ1n) is 6.61. The molecule has 0 aromatic carbocycles. The summed E-state index contributed by atoms with van der Waals surface area (Å²) in [7, 11) is -3.49. The van der Waals surface area contributed by atoms with Crippen molar-refractivity contribution < 1.29 is 13.2 Å². The van der Waals surface area contributed by atoms with Gasteiger partial charge in [-0.1, -0.05) is 0 Å². The maximum Gasteiger partial charge on any atom is 0.242 e. The third-order valence-electron chi connectivity index (χ3n) is 3.78. The molecule has 0 bridgehead atoms. The molecule has 1 saturated heterocycles. The molecule has 0 radical (unpaired) electrons. The molecule has 0 spiro atoms. The van der Waals surface area contributed by atoms with Crippen molar-refractivity contribution in [1.29, 1.82) is 0 Å². The molecule has 6 nitrogen and oxygen atoms in total. The van der Waals surface area contributed by atoms with E-state index in [1.165, 1.54) is 6.20 Å². The molecule has 2 fully saturated rings. The Morgan fingerprint density at radius 1 is 1.42 bits per heavy atom. The van der Waals surface area contributed by atoms with E-state index in [-0.39, 0.29) is 17.0 Å². The summed E-state index contributed by atoms with van der Waals surface area (Å²) in [6.45, 7) is 0.933. The second-order valence-electron chi connectivity index (χ2n) is 5.25. The van der Waals surface area contributed by atoms with Crippen LogP contribution in [-0.2, 0) is 21.3 Å². The summed E-state index contributed by atoms with van der Waals surface area (Å²) < 4.78 is 33.0. The van der Waals surface area contributed by atoms with Gasteiger partial charge in [0.1, 0.15) is 0 Å². The van der Waals surface area contributed by atoms with E-state index in [1.807, 2.05) is 0 Å². The summed E-state index contributed by atoms with van der Waals surface area (Å²) in [5.74, 6) is 0.529. The summed E-state index contributed by atoms with van der Waals surface area (Å²) in [5.41, 5.74) is 6.18. The number of H-pyrrole nitrogens is 1. The normalized spacial score (nSPS) is 27.8. The van der Waals surface area contributed by atoms with Crippen LogP contribution in [0.3, 0.4) is 0 Å². The van der Waals surface area contributed by atoms with Crippen molar-refractivity contribution in [2.45, 2.75) is 42.8 Å². The Kier molecular flexibility index (Phi) is 3.38. The third kappa shape index (κ3) is 2.69. The van der Waals surface area contributed by atoms with E-state index in [1.54, 1.807) is 6.07 Å². The van der Waals surface area contributed by atoms with E-state index in [2.05, 4.69) is 9.71 Å². The highest BCUT2D eigenvalue weighted by atomic mass is 32.2. The van der Waals surface area contributed by atoms with Crippen molar-refractivity contribution in [1.82, 2.24) is 9.71 Å². The monoisotopic (exact) mass is 285 g/mol. The number of hydrogen-bond acceptors (Lipinski definition) is 4. The van der Waals surface area contributed by atoms with Gasteiger partial charge >= 0.3 is 0 Å². The van der Waals surface area contributed by atoms with Gasteiger partial charge in [-0.3, -0.25) is 0 Å². The molecule has 2 heterocycles. The van der Waals surface area contributed by atoms with E-state index >= 15 is 0 Å². The largest absolute Gasteiger partial charge is 0.376 e. The predicted molar refractivity (Wildman–Crippen MR) is 69.9 cm³/mol. The standard InChI is InChI=1S/C12H19N3O3S/c13-6-9-5-10(7-14-9)19(16,17)15-11-3-4-18-12(11)8-1-2-8/h5,7-8,11-12,14-15H,1-4,6,13H2. The number of nitrogens with two attached hydrogens (primary N) is 1. The molecule has 1 aromatic heterocycles. The molecule has 2 atom stereocenters. The third-order valence-corrected chi connectivity index (χ3v) is 5.24. The number of rotatable bonds is 5. The average Bonchev–Trinajstić information content (AvgIpc) is 2.92. The lowest BCUT2D eigenvalue weighted by molar-refractivity contribution is 0.0848. The fraction of sp³-hybridized carbons (Fsp3) is 0.667. The van der Waals surface area contributed by atoms with Gasteiger partial charge in [-0.15, -0.1) is 0 Å². The Morgan fingerprint density at radius 2 is 2.21 bits per heavy atom. The number of aromatic amines is 1. The zero-order chi connectivity index (χ0) is 13.5. The lowest BCUT2D eigenvalue weighted by atomic mass is 10.1. The topological polar surface area (TPSA) is 97.2 Å². The minimum absolute atomic E-state index is 0.0442. The van der Waals surface area contributed by atoms with Crippen LogP contribution in [0.4, 0.5) is 0 Å². The van der Waals surface area contributed by atoms with Crippen molar-refractivity contribution in [2.24, 2.45) is 11.7 Å². The molecule has 1 aliphatic carbocycles. The van der Waals surface area contributed by atoms with Gasteiger partial charge < -0.3 is 15.5 Å². The van der Waals surface area contributed by atoms with Crippen LogP contribution in [0.5, 0.6) is 0 Å². The van der Waals surface area contributed by atoms with Gasteiger partial charge in [-0.25, -0.2) is 13.1 Å². The second kappa shape index (κ2) is 4.90. The summed E-state index contributed by atoms with van der Waals surface area (Å²) in [5, 5.41) is 0. The van der Waals surface area contributed by atoms with Crippen molar-refractivity contribution in [3.8, 4) is 0 Å². The molecule has 4 N–H and O–H groups in total. The number of sulfonamides is 1. The summed E-state index contributed by atoms with van der Waals surface area (Å²) in [4.78, 5) is 3.10. The Hall–Kier alpha value is -0.890. The molecule has 0 amide bonds. The molecule has 1 saturated carbocycles. The van der Waals surface area contributed by atoms with Crippen LogP contribution in [0.1, 0.15) is 25.0 Å². The molecule has 3 rings (SSSR count). The lowest BCUT2D eigenvalue weighted by Gasteiger charge is -2.18. The Bertz CT molecular complexity index is 550. The van der Waals surface area contributed by atoms with Crippen LogP contribution in [-0.4, -0.2) is 32.2 Å². The number of hydrogen-bond donors (Lipinski definition) is 3. The molecule has 2 unspecified atom stereocenters. The smallest absolute Gasteiger partial charge is 0.242 e. The van der Waals surface area contributed by atoms with Gasteiger partial charge in [-0.2, -0.15) is 0 Å². The quantitative estimate of drug-likeness (QED) is 0.725. The van der Waals surface area contributed by atoms with Gasteiger partial charge in [0.05, 0.1) is 17.0 Å². The molecule has 1 aliphatic heterocycles. The number of ether oxygens (including phenoxy) is 1. The predicted octanol–water partition coefficient (Wildman–Crippen LogP) is 0.319. The Morgan fingerprint density at radius 3 is 2.84 bits per heavy atom. The maximum atomic E-state index is 12.3. The van der Waals surface area contributed by atoms with Crippen LogP contribution >= 0.6 is 0 Å². The molecule has 7 heteroatoms. The van der Waals surface area contributed by atoms with E-state index in [0.717, 1.165) is 19.3 Å². The van der Waals surface area contributed by atoms with Gasteiger partial charge in [-0.05, 0) is 31.2 Å². The zero-order valence-electron chi connectivity index (χ0n) is 10.6. The molecule has 106 valence electrons. The average molecular weight is 285 g/mol. The van der Waals surface area contributed by atoms with E-state index in [9.17, 15) is 8.42 Å². The van der Waals surface area contributed by atoms with E-state index in [0.29, 0.717) is 24.8 Å².